The molecule has 0 spiro atoms. The molecule has 1 atom stereocenters. The minimum atomic E-state index is -1.14. The number of alkyl halides is 1. The zero-order chi connectivity index (χ0) is 30.1. The molecule has 4 aromatic carbocycles. The molecule has 0 fully saturated rings. The Morgan fingerprint density at radius 3 is 1.83 bits per heavy atom. The fourth-order valence-electron chi connectivity index (χ4n) is 3.89. The third kappa shape index (κ3) is 7.54. The minimum absolute atomic E-state index is 0.0777. The van der Waals surface area contributed by atoms with Crippen molar-refractivity contribution in [1.82, 2.24) is 0 Å². The summed E-state index contributed by atoms with van der Waals surface area (Å²) in [5, 5.41) is 9.03. The van der Waals surface area contributed by atoms with Crippen LogP contribution in [0.25, 0.3) is 22.3 Å². The van der Waals surface area contributed by atoms with Crippen LogP contribution in [0, 0.1) is 29.1 Å². The Labute approximate surface area is 235 Å². The molecule has 218 valence electrons. The number of hydrogen-bond donors (Lipinski definition) is 1. The molecular weight excluding hydrogens is 546 g/mol. The van der Waals surface area contributed by atoms with Crippen LogP contribution in [0.5, 0.6) is 17.2 Å². The van der Waals surface area contributed by atoms with Crippen molar-refractivity contribution in [1.29, 1.82) is 0 Å². The Kier molecular flexibility index (Phi) is 11.1. The molecule has 0 heterocycles. The van der Waals surface area contributed by atoms with Crippen molar-refractivity contribution in [3.05, 3.63) is 101 Å². The Morgan fingerprint density at radius 2 is 1.27 bits per heavy atom. The Morgan fingerprint density at radius 1 is 0.707 bits per heavy atom. The quantitative estimate of drug-likeness (QED) is 0.159. The van der Waals surface area contributed by atoms with Gasteiger partial charge < -0.3 is 14.6 Å². The van der Waals surface area contributed by atoms with Gasteiger partial charge in [0, 0.05) is 11.1 Å². The van der Waals surface area contributed by atoms with Gasteiger partial charge in [-0.1, -0.05) is 50.6 Å². The van der Waals surface area contributed by atoms with Crippen molar-refractivity contribution >= 4 is 0 Å². The van der Waals surface area contributed by atoms with Crippen LogP contribution in [0.4, 0.5) is 26.3 Å². The maximum absolute atomic E-state index is 14.3. The molecule has 0 aliphatic heterocycles. The lowest BCUT2D eigenvalue weighted by atomic mass is 10.0. The molecule has 0 aromatic heterocycles. The SMILES string of the molecule is CCCCOc1ccc(-c2ccc(C(F)CC)cc2)c(F)c1F.COc1ccc(-c2ccc(O)c(F)c2)c(F)c1F. The number of hydrogen-bond acceptors (Lipinski definition) is 3. The van der Waals surface area contributed by atoms with Gasteiger partial charge in [-0.05, 0) is 65.9 Å². The molecule has 41 heavy (non-hydrogen) atoms. The van der Waals surface area contributed by atoms with Crippen molar-refractivity contribution in [3.8, 4) is 39.5 Å². The number of methoxy groups -OCH3 is 1. The Bertz CT molecular complexity index is 1460. The van der Waals surface area contributed by atoms with Crippen LogP contribution in [0.3, 0.4) is 0 Å². The molecule has 1 unspecified atom stereocenters. The average Bonchev–Trinajstić information content (AvgIpc) is 2.98. The maximum atomic E-state index is 14.3. The lowest BCUT2D eigenvalue weighted by molar-refractivity contribution is 0.289. The van der Waals surface area contributed by atoms with Crippen LogP contribution in [-0.2, 0) is 0 Å². The van der Waals surface area contributed by atoms with Crippen molar-refractivity contribution in [2.45, 2.75) is 39.3 Å². The van der Waals surface area contributed by atoms with Crippen molar-refractivity contribution in [2.75, 3.05) is 13.7 Å². The predicted octanol–water partition coefficient (Wildman–Crippen LogP) is 9.72. The molecule has 3 nitrogen and oxygen atoms in total. The van der Waals surface area contributed by atoms with Crippen molar-refractivity contribution in [2.24, 2.45) is 0 Å². The maximum Gasteiger partial charge on any atom is 0.201 e. The van der Waals surface area contributed by atoms with E-state index in [2.05, 4.69) is 4.74 Å². The van der Waals surface area contributed by atoms with Crippen LogP contribution in [-0.4, -0.2) is 18.8 Å². The highest BCUT2D eigenvalue weighted by Gasteiger charge is 2.17. The van der Waals surface area contributed by atoms with E-state index in [1.807, 2.05) is 6.92 Å². The van der Waals surface area contributed by atoms with E-state index in [1.54, 1.807) is 31.2 Å². The normalized spacial score (nSPS) is 11.4. The summed E-state index contributed by atoms with van der Waals surface area (Å²) < 4.78 is 92.2. The molecule has 0 bridgehead atoms. The molecule has 0 amide bonds. The van der Waals surface area contributed by atoms with Gasteiger partial charge >= 0.3 is 0 Å². The van der Waals surface area contributed by atoms with Crippen LogP contribution in [0.15, 0.2) is 66.7 Å². The van der Waals surface area contributed by atoms with Crippen LogP contribution < -0.4 is 9.47 Å². The number of benzene rings is 4. The van der Waals surface area contributed by atoms with E-state index in [4.69, 9.17) is 9.84 Å². The Hall–Kier alpha value is -4.14. The summed E-state index contributed by atoms with van der Waals surface area (Å²) >= 11 is 0. The van der Waals surface area contributed by atoms with Gasteiger partial charge in [-0.25, -0.2) is 17.6 Å². The van der Waals surface area contributed by atoms with Gasteiger partial charge in [0.25, 0.3) is 0 Å². The average molecular weight is 577 g/mol. The van der Waals surface area contributed by atoms with Gasteiger partial charge in [0.05, 0.1) is 13.7 Å². The lowest BCUT2D eigenvalue weighted by Gasteiger charge is -2.11. The number of unbranched alkanes of at least 4 members (excludes halogenated alkanes) is 1. The number of aromatic hydroxyl groups is 1. The predicted molar refractivity (Wildman–Crippen MR) is 146 cm³/mol. The van der Waals surface area contributed by atoms with Gasteiger partial charge in [-0.15, -0.1) is 0 Å². The zero-order valence-corrected chi connectivity index (χ0v) is 22.8. The number of phenolic OH excluding ortho intramolecular Hbond substituents is 1. The number of rotatable bonds is 9. The second kappa shape index (κ2) is 14.5. The van der Waals surface area contributed by atoms with E-state index in [0.29, 0.717) is 24.2 Å². The molecule has 0 aliphatic carbocycles. The number of halogens is 6. The van der Waals surface area contributed by atoms with Gasteiger partial charge in [0.2, 0.25) is 11.6 Å². The molecule has 1 N–H and O–H groups in total. The summed E-state index contributed by atoms with van der Waals surface area (Å²) in [6.07, 6.45) is 1.04. The van der Waals surface area contributed by atoms with E-state index < -0.39 is 41.0 Å². The summed E-state index contributed by atoms with van der Waals surface area (Å²) in [5.74, 6) is -5.94. The molecule has 0 saturated heterocycles. The molecular formula is C32H30F6O3. The van der Waals surface area contributed by atoms with Gasteiger partial charge in [0.1, 0.15) is 6.17 Å². The van der Waals surface area contributed by atoms with E-state index in [9.17, 15) is 26.3 Å². The highest BCUT2D eigenvalue weighted by molar-refractivity contribution is 5.67. The monoisotopic (exact) mass is 576 g/mol. The number of phenols is 1. The second-order valence-corrected chi connectivity index (χ2v) is 9.05. The smallest absolute Gasteiger partial charge is 0.201 e. The number of ether oxygens (including phenoxy) is 2. The summed E-state index contributed by atoms with van der Waals surface area (Å²) in [4.78, 5) is 0. The summed E-state index contributed by atoms with van der Waals surface area (Å²) in [7, 11) is 1.22. The fourth-order valence-corrected chi connectivity index (χ4v) is 3.89. The topological polar surface area (TPSA) is 38.7 Å². The minimum Gasteiger partial charge on any atom is -0.505 e. The van der Waals surface area contributed by atoms with Gasteiger partial charge in [0.15, 0.2) is 34.7 Å². The first-order valence-corrected chi connectivity index (χ1v) is 13.0. The highest BCUT2D eigenvalue weighted by atomic mass is 19.2. The molecule has 9 heteroatoms. The van der Waals surface area contributed by atoms with Crippen LogP contribution in [0.2, 0.25) is 0 Å². The molecule has 4 aromatic rings. The molecule has 0 saturated carbocycles. The van der Waals surface area contributed by atoms with Crippen molar-refractivity contribution in [3.63, 3.8) is 0 Å². The molecule has 0 radical (unpaired) electrons. The third-order valence-electron chi connectivity index (χ3n) is 6.27. The molecule has 0 aliphatic rings. The zero-order valence-electron chi connectivity index (χ0n) is 22.8. The van der Waals surface area contributed by atoms with E-state index in [0.717, 1.165) is 25.0 Å². The largest absolute Gasteiger partial charge is 0.505 e. The van der Waals surface area contributed by atoms with E-state index >= 15 is 0 Å². The first-order valence-electron chi connectivity index (χ1n) is 13.0. The van der Waals surface area contributed by atoms with Crippen molar-refractivity contribution < 1.29 is 40.9 Å². The van der Waals surface area contributed by atoms with E-state index in [1.165, 1.54) is 37.4 Å². The highest BCUT2D eigenvalue weighted by Crippen LogP contribution is 2.33. The van der Waals surface area contributed by atoms with E-state index in [-0.39, 0.29) is 28.2 Å². The standard InChI is InChI=1S/C19H21F3O.C13H9F3O2/c1-3-5-12-23-17-11-10-15(18(21)19(17)22)13-6-8-14(9-7-13)16(20)4-2;1-18-11-5-3-8(12(15)13(11)16)7-2-4-10(17)9(14)6-7/h6-11,16H,3-5,12H2,1-2H3;2-6,17H,1H3. The summed E-state index contributed by atoms with van der Waals surface area (Å²) in [6.45, 7) is 4.11. The second-order valence-electron chi connectivity index (χ2n) is 9.05. The van der Waals surface area contributed by atoms with Crippen LogP contribution >= 0.6 is 0 Å². The summed E-state index contributed by atoms with van der Waals surface area (Å²) in [5.41, 5.74) is 1.21. The molecule has 4 rings (SSSR count). The first kappa shape index (κ1) is 31.4. The fraction of sp³-hybridized carbons (Fsp3) is 0.250. The van der Waals surface area contributed by atoms with Gasteiger partial charge in [-0.3, -0.25) is 0 Å². The summed E-state index contributed by atoms with van der Waals surface area (Å²) in [6, 6.07) is 15.2. The first-order chi connectivity index (χ1) is 19.6. The van der Waals surface area contributed by atoms with Crippen LogP contribution in [0.1, 0.15) is 44.8 Å². The lowest BCUT2D eigenvalue weighted by Crippen LogP contribution is -2.01. The Balaban J connectivity index is 0.000000232. The third-order valence-corrected chi connectivity index (χ3v) is 6.27. The van der Waals surface area contributed by atoms with Gasteiger partial charge in [-0.2, -0.15) is 8.78 Å².